The number of halogens is 2. The van der Waals surface area contributed by atoms with Crippen molar-refractivity contribution >= 4 is 17.3 Å². The number of carbonyl (C=O) groups excluding carboxylic acids is 1. The van der Waals surface area contributed by atoms with Gasteiger partial charge in [-0.1, -0.05) is 25.1 Å². The van der Waals surface area contributed by atoms with Crippen LogP contribution < -0.4 is 15.0 Å². The molecule has 0 aliphatic heterocycles. The maximum absolute atomic E-state index is 15.3. The Bertz CT molecular complexity index is 1910. The molecule has 9 nitrogen and oxygen atoms in total. The minimum atomic E-state index is -1.86. The smallest absolute Gasteiger partial charge is 0.328 e. The second-order valence-corrected chi connectivity index (χ2v) is 12.3. The molecule has 3 aromatic carbocycles. The van der Waals surface area contributed by atoms with Crippen molar-refractivity contribution in [2.75, 3.05) is 0 Å². The maximum Gasteiger partial charge on any atom is 0.328 e. The third-order valence-corrected chi connectivity index (χ3v) is 8.84. The van der Waals surface area contributed by atoms with E-state index in [1.807, 2.05) is 31.4 Å². The summed E-state index contributed by atoms with van der Waals surface area (Å²) in [5.41, 5.74) is 8.14. The summed E-state index contributed by atoms with van der Waals surface area (Å²) in [7, 11) is 0. The van der Waals surface area contributed by atoms with E-state index in [1.165, 1.54) is 22.1 Å². The van der Waals surface area contributed by atoms with Crippen LogP contribution in [0.3, 0.4) is 0 Å². The van der Waals surface area contributed by atoms with Crippen LogP contribution in [-0.4, -0.2) is 31.9 Å². The zero-order chi connectivity index (χ0) is 33.2. The third-order valence-electron chi connectivity index (χ3n) is 7.81. The van der Waals surface area contributed by atoms with E-state index in [1.54, 1.807) is 55.3 Å². The average Bonchev–Trinajstić information content (AvgIpc) is 3.68. The average molecular weight is 644 g/mol. The summed E-state index contributed by atoms with van der Waals surface area (Å²) in [5, 5.41) is 28.2. The van der Waals surface area contributed by atoms with Crippen molar-refractivity contribution in [3.8, 4) is 23.1 Å². The lowest BCUT2D eigenvalue weighted by Gasteiger charge is -2.32. The topological polar surface area (TPSA) is 131 Å². The lowest BCUT2D eigenvalue weighted by molar-refractivity contribution is -0.689. The molecule has 0 radical (unpaired) electrons. The van der Waals surface area contributed by atoms with Gasteiger partial charge < -0.3 is 15.6 Å². The Morgan fingerprint density at radius 1 is 1.15 bits per heavy atom. The molecule has 0 spiro atoms. The highest BCUT2D eigenvalue weighted by Crippen LogP contribution is 2.41. The molecule has 0 aliphatic rings. The van der Waals surface area contributed by atoms with Gasteiger partial charge in [0.25, 0.3) is 6.33 Å². The molecule has 2 heterocycles. The molecule has 3 N–H and O–H groups in total. The van der Waals surface area contributed by atoms with Crippen LogP contribution in [-0.2, 0) is 23.5 Å². The lowest BCUT2D eigenvalue weighted by atomic mass is 9.82. The van der Waals surface area contributed by atoms with Crippen molar-refractivity contribution in [1.29, 1.82) is 5.26 Å². The fourth-order valence-electron chi connectivity index (χ4n) is 5.31. The number of ether oxygens (including phenoxy) is 1. The first-order valence-corrected chi connectivity index (χ1v) is 15.4. The Morgan fingerprint density at radius 3 is 2.48 bits per heavy atom. The molecule has 0 saturated carbocycles. The fraction of sp³-hybridized carbons (Fsp3) is 0.265. The molecule has 0 aliphatic carbocycles. The molecule has 0 unspecified atom stereocenters. The normalized spacial score (nSPS) is 13.9. The van der Waals surface area contributed by atoms with E-state index in [0.29, 0.717) is 28.6 Å². The number of aromatic nitrogens is 4. The van der Waals surface area contributed by atoms with Crippen molar-refractivity contribution < 1.29 is 28.0 Å². The van der Waals surface area contributed by atoms with E-state index < -0.39 is 35.2 Å². The van der Waals surface area contributed by atoms with Gasteiger partial charge in [0.05, 0.1) is 28.9 Å². The summed E-state index contributed by atoms with van der Waals surface area (Å²) >= 11 is 1.31. The number of thiazole rings is 1. The molecule has 3 atom stereocenters. The summed E-state index contributed by atoms with van der Waals surface area (Å²) in [5.74, 6) is -2.41. The molecule has 0 fully saturated rings. The van der Waals surface area contributed by atoms with Crippen molar-refractivity contribution in [2.24, 2.45) is 5.73 Å². The zero-order valence-electron chi connectivity index (χ0n) is 25.7. The molecule has 0 saturated heterocycles. The number of benzene rings is 3. The number of aliphatic hydroxyl groups is 1. The summed E-state index contributed by atoms with van der Waals surface area (Å²) < 4.78 is 38.0. The molecule has 236 valence electrons. The van der Waals surface area contributed by atoms with Gasteiger partial charge in [-0.2, -0.15) is 5.26 Å². The molecule has 5 rings (SSSR count). The monoisotopic (exact) mass is 643 g/mol. The Kier molecular flexibility index (Phi) is 9.39. The first kappa shape index (κ1) is 32.6. The van der Waals surface area contributed by atoms with Crippen LogP contribution in [0.2, 0.25) is 0 Å². The van der Waals surface area contributed by atoms with Crippen molar-refractivity contribution in [2.45, 2.75) is 58.3 Å². The molecule has 5 aromatic rings. The Labute approximate surface area is 269 Å². The first-order chi connectivity index (χ1) is 21.9. The molecule has 12 heteroatoms. The zero-order valence-corrected chi connectivity index (χ0v) is 26.6. The second-order valence-electron chi connectivity index (χ2n) is 11.4. The number of nitrogens with zero attached hydrogens (tertiary/aromatic N) is 5. The van der Waals surface area contributed by atoms with Crippen molar-refractivity contribution in [1.82, 2.24) is 14.8 Å². The highest BCUT2D eigenvalue weighted by atomic mass is 32.1. The number of hydrogen-bond acceptors (Lipinski definition) is 8. The third kappa shape index (κ3) is 6.87. The van der Waals surface area contributed by atoms with Gasteiger partial charge in [0, 0.05) is 33.6 Å². The van der Waals surface area contributed by atoms with Crippen molar-refractivity contribution in [3.63, 3.8) is 0 Å². The molecule has 2 aromatic heterocycles. The first-order valence-electron chi connectivity index (χ1n) is 14.5. The number of aryl methyl sites for hydroxylation is 2. The van der Waals surface area contributed by atoms with Crippen LogP contribution in [0, 0.1) is 36.8 Å². The van der Waals surface area contributed by atoms with E-state index in [9.17, 15) is 14.3 Å². The van der Waals surface area contributed by atoms with Crippen LogP contribution in [0.5, 0.6) is 5.75 Å². The number of hydrogen-bond donors (Lipinski definition) is 2. The van der Waals surface area contributed by atoms with E-state index in [-0.39, 0.29) is 12.1 Å². The maximum atomic E-state index is 15.3. The van der Waals surface area contributed by atoms with Gasteiger partial charge in [0.2, 0.25) is 6.33 Å². The standard InChI is InChI=1S/C34H33F2N6O3S/c1-20-11-25(12-21(2)31(20)45-33(43)23(4)38)15-41-18-39-42(19-41)17-34(44,28-10-9-27(35)13-29(28)36)22(3)32-40-30(16-46-32)26-7-5-24(14-37)6-8-26/h5-13,16,18-19,22-23,44H,15,17,38H2,1-4H3/q+1/t22-,23-,34+/m0/s1. The Hall–Kier alpha value is -4.83. The van der Waals surface area contributed by atoms with Crippen LogP contribution in [0.4, 0.5) is 8.78 Å². The number of rotatable bonds is 10. The molecular formula is C34H33F2N6O3S+. The van der Waals surface area contributed by atoms with Gasteiger partial charge in [0.1, 0.15) is 35.6 Å². The summed E-state index contributed by atoms with van der Waals surface area (Å²) in [6.45, 7) is 7.26. The molecule has 0 amide bonds. The highest BCUT2D eigenvalue weighted by Gasteiger charge is 2.43. The largest absolute Gasteiger partial charge is 0.425 e. The van der Waals surface area contributed by atoms with Gasteiger partial charge in [-0.25, -0.2) is 23.1 Å². The van der Waals surface area contributed by atoms with Crippen LogP contribution in [0.15, 0.2) is 72.6 Å². The number of esters is 1. The molecule has 46 heavy (non-hydrogen) atoms. The molecular weight excluding hydrogens is 610 g/mol. The van der Waals surface area contributed by atoms with Crippen LogP contribution in [0.25, 0.3) is 11.3 Å². The quantitative estimate of drug-likeness (QED) is 0.124. The Balaban J connectivity index is 1.42. The minimum Gasteiger partial charge on any atom is -0.425 e. The summed E-state index contributed by atoms with van der Waals surface area (Å²) in [4.78, 5) is 16.8. The lowest BCUT2D eigenvalue weighted by Crippen LogP contribution is -2.39. The van der Waals surface area contributed by atoms with Gasteiger partial charge in [-0.15, -0.1) is 16.0 Å². The fourth-order valence-corrected chi connectivity index (χ4v) is 6.28. The van der Waals surface area contributed by atoms with Crippen molar-refractivity contribution in [3.05, 3.63) is 117 Å². The van der Waals surface area contributed by atoms with Gasteiger partial charge in [0.15, 0.2) is 0 Å². The predicted molar refractivity (Wildman–Crippen MR) is 168 cm³/mol. The number of nitriles is 1. The van der Waals surface area contributed by atoms with Crippen LogP contribution >= 0.6 is 11.3 Å². The highest BCUT2D eigenvalue weighted by molar-refractivity contribution is 7.10. The minimum absolute atomic E-state index is 0.0817. The van der Waals surface area contributed by atoms with E-state index >= 15 is 4.39 Å². The summed E-state index contributed by atoms with van der Waals surface area (Å²) in [6, 6.07) is 15.2. The Morgan fingerprint density at radius 2 is 1.85 bits per heavy atom. The molecule has 0 bridgehead atoms. The predicted octanol–water partition coefficient (Wildman–Crippen LogP) is 5.05. The van der Waals surface area contributed by atoms with E-state index in [4.69, 9.17) is 20.7 Å². The van der Waals surface area contributed by atoms with Gasteiger partial charge in [-0.05, 0) is 67.8 Å². The number of carbonyl (C=O) groups is 1. The van der Waals surface area contributed by atoms with E-state index in [0.717, 1.165) is 34.4 Å². The SMILES string of the molecule is Cc1cc(C[n+]2cnn(C[C@](O)(c3ccc(F)cc3F)[C@@H](C)c3nc(-c4ccc(C#N)cc4)cs3)c2)cc(C)c1OC(=O)[C@H](C)N. The van der Waals surface area contributed by atoms with Gasteiger partial charge in [-0.3, -0.25) is 0 Å². The van der Waals surface area contributed by atoms with E-state index in [2.05, 4.69) is 11.2 Å². The number of nitrogens with two attached hydrogens (primary N) is 1. The summed E-state index contributed by atoms with van der Waals surface area (Å²) in [6.07, 6.45) is 3.28. The van der Waals surface area contributed by atoms with Gasteiger partial charge >= 0.3 is 5.97 Å². The van der Waals surface area contributed by atoms with Crippen LogP contribution in [0.1, 0.15) is 52.6 Å². The second kappa shape index (κ2) is 13.3.